The van der Waals surface area contributed by atoms with E-state index in [4.69, 9.17) is 0 Å². The van der Waals surface area contributed by atoms with Crippen LogP contribution in [0.3, 0.4) is 0 Å². The van der Waals surface area contributed by atoms with Gasteiger partial charge in [0.15, 0.2) is 0 Å². The van der Waals surface area contributed by atoms with E-state index in [2.05, 4.69) is 0 Å². The highest BCUT2D eigenvalue weighted by molar-refractivity contribution is 7.99. The number of aryl methyl sites for hydroxylation is 1. The molecule has 1 heterocycles. The van der Waals surface area contributed by atoms with Crippen molar-refractivity contribution >= 4 is 23.4 Å². The smallest absolute Gasteiger partial charge is 0.366 e. The highest BCUT2D eigenvalue weighted by atomic mass is 32.2. The molecule has 3 rings (SSSR count). The lowest BCUT2D eigenvalue weighted by molar-refractivity contribution is -0.148. The standard InChI is InChI=1S/C21H26F6N2OS/c1-14-11-15(22)16(12-17(14)31-13-21(25,26)27)28-7-9-29(10-8-28)18(30)19(2)3-5-20(23,24)6-4-19/h11-12H,3-10,13H2,1-2H3. The van der Waals surface area contributed by atoms with Crippen molar-refractivity contribution in [1.29, 1.82) is 0 Å². The fourth-order valence-electron chi connectivity index (χ4n) is 4.11. The molecule has 1 amide bonds. The van der Waals surface area contributed by atoms with Crippen LogP contribution in [0.5, 0.6) is 0 Å². The molecule has 0 aromatic heterocycles. The molecule has 174 valence electrons. The molecule has 10 heteroatoms. The topological polar surface area (TPSA) is 23.6 Å². The number of nitrogens with zero attached hydrogens (tertiary/aromatic N) is 2. The molecule has 0 atom stereocenters. The van der Waals surface area contributed by atoms with E-state index in [0.29, 0.717) is 48.4 Å². The zero-order valence-corrected chi connectivity index (χ0v) is 18.3. The first-order valence-corrected chi connectivity index (χ1v) is 11.2. The average molecular weight is 469 g/mol. The van der Waals surface area contributed by atoms with Crippen LogP contribution in [0.4, 0.5) is 32.0 Å². The summed E-state index contributed by atoms with van der Waals surface area (Å²) in [4.78, 5) is 16.7. The number of hydrogen-bond donors (Lipinski definition) is 0. The van der Waals surface area contributed by atoms with Gasteiger partial charge >= 0.3 is 6.18 Å². The van der Waals surface area contributed by atoms with Gasteiger partial charge in [0.25, 0.3) is 0 Å². The summed E-state index contributed by atoms with van der Waals surface area (Å²) in [5.41, 5.74) is -0.169. The molecule has 0 radical (unpaired) electrons. The highest BCUT2D eigenvalue weighted by Crippen LogP contribution is 2.44. The molecule has 0 N–H and O–H groups in total. The zero-order chi connectivity index (χ0) is 23.0. The third-order valence-electron chi connectivity index (χ3n) is 6.14. The van der Waals surface area contributed by atoms with E-state index in [0.717, 1.165) is 0 Å². The monoisotopic (exact) mass is 468 g/mol. The fraction of sp³-hybridized carbons (Fsp3) is 0.667. The van der Waals surface area contributed by atoms with Gasteiger partial charge in [0.05, 0.1) is 11.4 Å². The van der Waals surface area contributed by atoms with Crippen LogP contribution in [0, 0.1) is 18.2 Å². The van der Waals surface area contributed by atoms with E-state index < -0.39 is 29.1 Å². The maximum absolute atomic E-state index is 14.5. The van der Waals surface area contributed by atoms with Gasteiger partial charge in [0.2, 0.25) is 11.8 Å². The predicted molar refractivity (Wildman–Crippen MR) is 108 cm³/mol. The van der Waals surface area contributed by atoms with Gasteiger partial charge in [-0.05, 0) is 37.5 Å². The number of hydrogen-bond acceptors (Lipinski definition) is 3. The van der Waals surface area contributed by atoms with Gasteiger partial charge in [-0.1, -0.05) is 6.92 Å². The Balaban J connectivity index is 1.65. The maximum Gasteiger partial charge on any atom is 0.398 e. The van der Waals surface area contributed by atoms with Crippen LogP contribution in [-0.2, 0) is 4.79 Å². The Hall–Kier alpha value is -1.58. The molecule has 2 aliphatic rings. The maximum atomic E-state index is 14.5. The molecule has 1 aliphatic heterocycles. The number of rotatable bonds is 4. The number of carbonyl (C=O) groups excluding carboxylic acids is 1. The van der Waals surface area contributed by atoms with Crippen molar-refractivity contribution in [2.45, 2.75) is 56.5 Å². The Morgan fingerprint density at radius 3 is 2.19 bits per heavy atom. The molecule has 1 saturated heterocycles. The number of benzene rings is 1. The second-order valence-electron chi connectivity index (χ2n) is 8.67. The molecule has 1 saturated carbocycles. The third kappa shape index (κ3) is 5.81. The van der Waals surface area contributed by atoms with Crippen LogP contribution < -0.4 is 4.90 Å². The van der Waals surface area contributed by atoms with Crippen LogP contribution in [0.2, 0.25) is 0 Å². The van der Waals surface area contributed by atoms with Gasteiger partial charge in [0, 0.05) is 49.3 Å². The first kappa shape index (κ1) is 24.1. The van der Waals surface area contributed by atoms with E-state index in [1.165, 1.54) is 12.1 Å². The average Bonchev–Trinajstić information content (AvgIpc) is 2.69. The van der Waals surface area contributed by atoms with E-state index in [1.807, 2.05) is 0 Å². The number of thioether (sulfide) groups is 1. The van der Waals surface area contributed by atoms with E-state index in [-0.39, 0.29) is 37.3 Å². The Bertz CT molecular complexity index is 811. The molecule has 0 unspecified atom stereocenters. The predicted octanol–water partition coefficient (Wildman–Crippen LogP) is 5.65. The molecule has 1 aliphatic carbocycles. The molecule has 2 fully saturated rings. The van der Waals surface area contributed by atoms with Crippen LogP contribution in [0.15, 0.2) is 17.0 Å². The van der Waals surface area contributed by atoms with Crippen molar-refractivity contribution in [3.63, 3.8) is 0 Å². The van der Waals surface area contributed by atoms with Crippen molar-refractivity contribution in [1.82, 2.24) is 4.90 Å². The summed E-state index contributed by atoms with van der Waals surface area (Å²) in [7, 11) is 0. The second-order valence-corrected chi connectivity index (χ2v) is 9.69. The Kier molecular flexibility index (Phi) is 6.79. The molecule has 31 heavy (non-hydrogen) atoms. The second kappa shape index (κ2) is 8.75. The van der Waals surface area contributed by atoms with Gasteiger partial charge in [-0.3, -0.25) is 4.79 Å². The molecule has 1 aromatic carbocycles. The summed E-state index contributed by atoms with van der Waals surface area (Å²) in [6.45, 7) is 4.55. The van der Waals surface area contributed by atoms with Crippen molar-refractivity contribution in [2.75, 3.05) is 36.8 Å². The number of amides is 1. The first-order valence-electron chi connectivity index (χ1n) is 10.2. The summed E-state index contributed by atoms with van der Waals surface area (Å²) in [5.74, 6) is -4.45. The van der Waals surface area contributed by atoms with E-state index in [9.17, 15) is 31.1 Å². The van der Waals surface area contributed by atoms with Gasteiger partial charge in [-0.25, -0.2) is 13.2 Å². The number of carbonyl (C=O) groups is 1. The van der Waals surface area contributed by atoms with Gasteiger partial charge < -0.3 is 9.80 Å². The minimum Gasteiger partial charge on any atom is -0.366 e. The number of anilines is 1. The minimum atomic E-state index is -4.32. The summed E-state index contributed by atoms with van der Waals surface area (Å²) in [5, 5.41) is 0. The van der Waals surface area contributed by atoms with E-state index in [1.54, 1.807) is 23.6 Å². The third-order valence-corrected chi connectivity index (χ3v) is 7.37. The van der Waals surface area contributed by atoms with Crippen LogP contribution in [0.25, 0.3) is 0 Å². The SMILES string of the molecule is Cc1cc(F)c(N2CCN(C(=O)C3(C)CCC(F)(F)CC3)CC2)cc1SCC(F)(F)F. The van der Waals surface area contributed by atoms with Gasteiger partial charge in [-0.2, -0.15) is 13.2 Å². The summed E-state index contributed by atoms with van der Waals surface area (Å²) in [6, 6.07) is 2.66. The molecule has 3 nitrogen and oxygen atoms in total. The number of alkyl halides is 5. The highest BCUT2D eigenvalue weighted by Gasteiger charge is 2.46. The first-order chi connectivity index (χ1) is 14.3. The lowest BCUT2D eigenvalue weighted by Gasteiger charge is -2.43. The van der Waals surface area contributed by atoms with Crippen LogP contribution >= 0.6 is 11.8 Å². The van der Waals surface area contributed by atoms with Gasteiger partial charge in [0.1, 0.15) is 5.82 Å². The molecular weight excluding hydrogens is 442 g/mol. The molecule has 0 spiro atoms. The Labute approximate surface area is 182 Å². The summed E-state index contributed by atoms with van der Waals surface area (Å²) >= 11 is 0.620. The van der Waals surface area contributed by atoms with Crippen molar-refractivity contribution in [3.8, 4) is 0 Å². The van der Waals surface area contributed by atoms with Crippen LogP contribution in [-0.4, -0.2) is 54.8 Å². The zero-order valence-electron chi connectivity index (χ0n) is 17.5. The summed E-state index contributed by atoms with van der Waals surface area (Å²) in [6.07, 6.45) is -4.67. The van der Waals surface area contributed by atoms with Crippen molar-refractivity contribution in [3.05, 3.63) is 23.5 Å². The number of piperazine rings is 1. The Morgan fingerprint density at radius 1 is 1.06 bits per heavy atom. The lowest BCUT2D eigenvalue weighted by atomic mass is 9.73. The normalized spacial score (nSPS) is 21.3. The fourth-order valence-corrected chi connectivity index (χ4v) is 4.91. The van der Waals surface area contributed by atoms with Gasteiger partial charge in [-0.15, -0.1) is 11.8 Å². The largest absolute Gasteiger partial charge is 0.398 e. The minimum absolute atomic E-state index is 0.130. The molecule has 1 aromatic rings. The molecule has 0 bridgehead atoms. The summed E-state index contributed by atoms with van der Waals surface area (Å²) < 4.78 is 79.2. The number of halogens is 6. The van der Waals surface area contributed by atoms with Crippen LogP contribution in [0.1, 0.15) is 38.2 Å². The van der Waals surface area contributed by atoms with E-state index >= 15 is 0 Å². The molecular formula is C21H26F6N2OS. The van der Waals surface area contributed by atoms with Crippen molar-refractivity contribution < 1.29 is 31.1 Å². The van der Waals surface area contributed by atoms with Crippen molar-refractivity contribution in [2.24, 2.45) is 5.41 Å². The lowest BCUT2D eigenvalue weighted by Crippen LogP contribution is -2.54. The Morgan fingerprint density at radius 2 is 1.65 bits per heavy atom. The quantitative estimate of drug-likeness (QED) is 0.421.